The van der Waals surface area contributed by atoms with Crippen molar-refractivity contribution in [3.05, 3.63) is 36.5 Å². The van der Waals surface area contributed by atoms with Gasteiger partial charge >= 0.3 is 5.97 Å². The Balaban J connectivity index is 2.26. The number of para-hydroxylation sites is 1. The summed E-state index contributed by atoms with van der Waals surface area (Å²) in [6.07, 6.45) is 1.29. The predicted molar refractivity (Wildman–Crippen MR) is 64.1 cm³/mol. The molecule has 4 heteroatoms. The lowest BCUT2D eigenvalue weighted by Gasteiger charge is -2.13. The minimum absolute atomic E-state index is 0.0246. The number of hydrogen-bond donors (Lipinski definition) is 1. The van der Waals surface area contributed by atoms with E-state index in [1.54, 1.807) is 19.2 Å². The van der Waals surface area contributed by atoms with E-state index >= 15 is 0 Å². The monoisotopic (exact) mass is 231 g/mol. The third-order valence-corrected chi connectivity index (χ3v) is 2.39. The van der Waals surface area contributed by atoms with Crippen LogP contribution in [0.5, 0.6) is 5.75 Å². The molecule has 2 aromatic rings. The van der Waals surface area contributed by atoms with E-state index in [4.69, 9.17) is 9.84 Å². The fraction of sp³-hybridized carbons (Fsp3) is 0.231. The molecule has 0 bridgehead atoms. The lowest BCUT2D eigenvalue weighted by Crippen LogP contribution is -2.16. The maximum atomic E-state index is 10.6. The van der Waals surface area contributed by atoms with Crippen LogP contribution in [-0.2, 0) is 4.79 Å². The summed E-state index contributed by atoms with van der Waals surface area (Å²) in [7, 11) is 0. The van der Waals surface area contributed by atoms with E-state index in [-0.39, 0.29) is 12.5 Å². The Morgan fingerprint density at radius 1 is 1.41 bits per heavy atom. The Morgan fingerprint density at radius 3 is 2.94 bits per heavy atom. The van der Waals surface area contributed by atoms with Gasteiger partial charge in [-0.1, -0.05) is 18.2 Å². The highest BCUT2D eigenvalue weighted by Gasteiger charge is 2.11. The van der Waals surface area contributed by atoms with Gasteiger partial charge in [0, 0.05) is 11.6 Å². The molecule has 0 aliphatic heterocycles. The van der Waals surface area contributed by atoms with Crippen LogP contribution in [0.15, 0.2) is 36.5 Å². The van der Waals surface area contributed by atoms with Crippen molar-refractivity contribution in [2.24, 2.45) is 0 Å². The molecule has 0 spiro atoms. The van der Waals surface area contributed by atoms with Gasteiger partial charge in [-0.05, 0) is 19.1 Å². The second-order valence-corrected chi connectivity index (χ2v) is 3.86. The van der Waals surface area contributed by atoms with Crippen molar-refractivity contribution in [3.63, 3.8) is 0 Å². The Bertz CT molecular complexity index is 534. The molecular formula is C13H13NO3. The van der Waals surface area contributed by atoms with E-state index < -0.39 is 5.97 Å². The average molecular weight is 231 g/mol. The molecule has 4 nitrogen and oxygen atoms in total. The van der Waals surface area contributed by atoms with Gasteiger partial charge in [0.05, 0.1) is 6.42 Å². The standard InChI is InChI=1S/C13H13NO3/c1-9(8-12(15)16)17-11-6-2-4-10-5-3-7-14-13(10)11/h2-7,9H,8H2,1H3,(H,15,16)/t9-/m1/s1. The highest BCUT2D eigenvalue weighted by molar-refractivity contribution is 5.84. The summed E-state index contributed by atoms with van der Waals surface area (Å²) in [5.74, 6) is -0.248. The molecule has 0 saturated carbocycles. The number of carbonyl (C=O) groups is 1. The number of aliphatic carboxylic acids is 1. The summed E-state index contributed by atoms with van der Waals surface area (Å²) in [6.45, 7) is 1.73. The Labute approximate surface area is 98.9 Å². The van der Waals surface area contributed by atoms with Gasteiger partial charge in [-0.15, -0.1) is 0 Å². The van der Waals surface area contributed by atoms with Gasteiger partial charge < -0.3 is 9.84 Å². The number of ether oxygens (including phenoxy) is 1. The number of carboxylic acids is 1. The molecule has 17 heavy (non-hydrogen) atoms. The molecular weight excluding hydrogens is 218 g/mol. The van der Waals surface area contributed by atoms with Crippen LogP contribution >= 0.6 is 0 Å². The number of rotatable bonds is 4. The molecule has 0 saturated heterocycles. The summed E-state index contributed by atoms with van der Waals surface area (Å²) in [6, 6.07) is 9.40. The zero-order chi connectivity index (χ0) is 12.3. The van der Waals surface area contributed by atoms with E-state index in [9.17, 15) is 4.79 Å². The summed E-state index contributed by atoms with van der Waals surface area (Å²) in [4.78, 5) is 14.8. The Hall–Kier alpha value is -2.10. The average Bonchev–Trinajstić information content (AvgIpc) is 2.28. The van der Waals surface area contributed by atoms with Crippen molar-refractivity contribution < 1.29 is 14.6 Å². The number of carboxylic acid groups (broad SMARTS) is 1. The van der Waals surface area contributed by atoms with Crippen molar-refractivity contribution in [3.8, 4) is 5.75 Å². The minimum Gasteiger partial charge on any atom is -0.488 e. The van der Waals surface area contributed by atoms with Gasteiger partial charge in [0.1, 0.15) is 17.4 Å². The summed E-state index contributed by atoms with van der Waals surface area (Å²) in [5.41, 5.74) is 0.757. The van der Waals surface area contributed by atoms with Gasteiger partial charge in [0.2, 0.25) is 0 Å². The maximum Gasteiger partial charge on any atom is 0.307 e. The first-order chi connectivity index (χ1) is 8.16. The van der Waals surface area contributed by atoms with Crippen molar-refractivity contribution in [2.75, 3.05) is 0 Å². The fourth-order valence-electron chi connectivity index (χ4n) is 1.68. The molecule has 2 rings (SSSR count). The highest BCUT2D eigenvalue weighted by atomic mass is 16.5. The van der Waals surface area contributed by atoms with Crippen LogP contribution in [-0.4, -0.2) is 22.2 Å². The van der Waals surface area contributed by atoms with Gasteiger partial charge in [-0.3, -0.25) is 9.78 Å². The molecule has 1 N–H and O–H groups in total. The number of benzene rings is 1. The molecule has 0 aliphatic carbocycles. The molecule has 88 valence electrons. The number of hydrogen-bond acceptors (Lipinski definition) is 3. The minimum atomic E-state index is -0.870. The number of aromatic nitrogens is 1. The van der Waals surface area contributed by atoms with Crippen LogP contribution < -0.4 is 4.74 Å². The van der Waals surface area contributed by atoms with Crippen LogP contribution in [0.4, 0.5) is 0 Å². The topological polar surface area (TPSA) is 59.4 Å². The van der Waals surface area contributed by atoms with E-state index in [1.807, 2.05) is 24.3 Å². The first kappa shape index (κ1) is 11.4. The molecule has 0 radical (unpaired) electrons. The largest absolute Gasteiger partial charge is 0.488 e. The van der Waals surface area contributed by atoms with E-state index in [1.165, 1.54) is 0 Å². The lowest BCUT2D eigenvalue weighted by atomic mass is 10.2. The van der Waals surface area contributed by atoms with Crippen LogP contribution in [0.2, 0.25) is 0 Å². The maximum absolute atomic E-state index is 10.6. The third kappa shape index (κ3) is 2.72. The van der Waals surface area contributed by atoms with E-state index in [0.29, 0.717) is 5.75 Å². The first-order valence-corrected chi connectivity index (χ1v) is 5.39. The van der Waals surface area contributed by atoms with Gasteiger partial charge in [0.15, 0.2) is 0 Å². The van der Waals surface area contributed by atoms with Crippen molar-refractivity contribution >= 4 is 16.9 Å². The van der Waals surface area contributed by atoms with Crippen LogP contribution in [0.1, 0.15) is 13.3 Å². The number of pyridine rings is 1. The first-order valence-electron chi connectivity index (χ1n) is 5.39. The molecule has 0 unspecified atom stereocenters. The zero-order valence-electron chi connectivity index (χ0n) is 9.46. The van der Waals surface area contributed by atoms with Crippen molar-refractivity contribution in [2.45, 2.75) is 19.4 Å². The van der Waals surface area contributed by atoms with Crippen LogP contribution in [0, 0.1) is 0 Å². The normalized spacial score (nSPS) is 12.3. The number of fused-ring (bicyclic) bond motifs is 1. The summed E-state index contributed by atoms with van der Waals surface area (Å²) < 4.78 is 5.60. The summed E-state index contributed by atoms with van der Waals surface area (Å²) >= 11 is 0. The molecule has 1 atom stereocenters. The summed E-state index contributed by atoms with van der Waals surface area (Å²) in [5, 5.41) is 9.66. The molecule has 1 aromatic heterocycles. The lowest BCUT2D eigenvalue weighted by molar-refractivity contribution is -0.138. The van der Waals surface area contributed by atoms with Crippen LogP contribution in [0.3, 0.4) is 0 Å². The van der Waals surface area contributed by atoms with E-state index in [2.05, 4.69) is 4.98 Å². The smallest absolute Gasteiger partial charge is 0.307 e. The second-order valence-electron chi connectivity index (χ2n) is 3.86. The van der Waals surface area contributed by atoms with Gasteiger partial charge in [-0.25, -0.2) is 0 Å². The Kier molecular flexibility index (Phi) is 3.23. The highest BCUT2D eigenvalue weighted by Crippen LogP contribution is 2.24. The Morgan fingerprint density at radius 2 is 2.18 bits per heavy atom. The van der Waals surface area contributed by atoms with Gasteiger partial charge in [0.25, 0.3) is 0 Å². The van der Waals surface area contributed by atoms with E-state index in [0.717, 1.165) is 10.9 Å². The predicted octanol–water partition coefficient (Wildman–Crippen LogP) is 2.48. The molecule has 0 aliphatic rings. The molecule has 1 aromatic carbocycles. The molecule has 0 fully saturated rings. The SMILES string of the molecule is C[C@H](CC(=O)O)Oc1cccc2cccnc12. The second kappa shape index (κ2) is 4.82. The van der Waals surface area contributed by atoms with Gasteiger partial charge in [-0.2, -0.15) is 0 Å². The quantitative estimate of drug-likeness (QED) is 0.878. The molecule has 0 amide bonds. The third-order valence-electron chi connectivity index (χ3n) is 2.39. The number of nitrogens with zero attached hydrogens (tertiary/aromatic N) is 1. The van der Waals surface area contributed by atoms with Crippen molar-refractivity contribution in [1.29, 1.82) is 0 Å². The molecule has 1 heterocycles. The van der Waals surface area contributed by atoms with Crippen LogP contribution in [0.25, 0.3) is 10.9 Å². The van der Waals surface area contributed by atoms with Crippen molar-refractivity contribution in [1.82, 2.24) is 4.98 Å². The fourth-order valence-corrected chi connectivity index (χ4v) is 1.68. The zero-order valence-corrected chi connectivity index (χ0v) is 9.46.